The third kappa shape index (κ3) is 3.27. The van der Waals surface area contributed by atoms with Gasteiger partial charge in [-0.25, -0.2) is 0 Å². The summed E-state index contributed by atoms with van der Waals surface area (Å²) in [5.74, 6) is -0.258. The number of alkyl halides is 4. The summed E-state index contributed by atoms with van der Waals surface area (Å²) in [5.41, 5.74) is 0. The highest BCUT2D eigenvalue weighted by molar-refractivity contribution is 7.15. The summed E-state index contributed by atoms with van der Waals surface area (Å²) < 4.78 is 37.2. The smallest absolute Gasteiger partial charge is 0.343 e. The first kappa shape index (κ1) is 14.3. The first-order valence-corrected chi connectivity index (χ1v) is 6.76. The SMILES string of the molecule is O=C(CCl)N1CCN(c2nnc(C(F)(F)F)s2)CC1. The highest BCUT2D eigenvalue weighted by Crippen LogP contribution is 2.34. The van der Waals surface area contributed by atoms with Gasteiger partial charge in [-0.2, -0.15) is 13.2 Å². The molecule has 1 aliphatic rings. The highest BCUT2D eigenvalue weighted by Gasteiger charge is 2.36. The summed E-state index contributed by atoms with van der Waals surface area (Å²) in [6, 6.07) is 0. The minimum absolute atomic E-state index is 0.0863. The molecule has 0 radical (unpaired) electrons. The lowest BCUT2D eigenvalue weighted by Crippen LogP contribution is -2.49. The van der Waals surface area contributed by atoms with E-state index in [1.54, 1.807) is 9.80 Å². The fraction of sp³-hybridized carbons (Fsp3) is 0.667. The van der Waals surface area contributed by atoms with E-state index in [0.717, 1.165) is 0 Å². The summed E-state index contributed by atoms with van der Waals surface area (Å²) in [5, 5.41) is 5.94. The molecule has 1 amide bonds. The van der Waals surface area contributed by atoms with Crippen molar-refractivity contribution in [2.75, 3.05) is 37.0 Å². The van der Waals surface area contributed by atoms with Gasteiger partial charge in [0.25, 0.3) is 0 Å². The molecule has 0 bridgehead atoms. The zero-order valence-corrected chi connectivity index (χ0v) is 11.2. The summed E-state index contributed by atoms with van der Waals surface area (Å²) >= 11 is 5.95. The van der Waals surface area contributed by atoms with Crippen molar-refractivity contribution >= 4 is 34.0 Å². The van der Waals surface area contributed by atoms with Crippen molar-refractivity contribution in [2.45, 2.75) is 6.18 Å². The molecular formula is C9H10ClF3N4OS. The molecule has 0 saturated carbocycles. The third-order valence-electron chi connectivity index (χ3n) is 2.67. The first-order chi connectivity index (χ1) is 8.91. The number of hydrogen-bond acceptors (Lipinski definition) is 5. The quantitative estimate of drug-likeness (QED) is 0.775. The number of amides is 1. The fourth-order valence-electron chi connectivity index (χ4n) is 1.69. The van der Waals surface area contributed by atoms with Crippen LogP contribution in [0.1, 0.15) is 5.01 Å². The number of carbonyl (C=O) groups is 1. The lowest BCUT2D eigenvalue weighted by Gasteiger charge is -2.33. The van der Waals surface area contributed by atoms with Gasteiger partial charge in [0, 0.05) is 26.2 Å². The normalized spacial score (nSPS) is 16.8. The van der Waals surface area contributed by atoms with E-state index in [-0.39, 0.29) is 16.9 Å². The molecule has 1 saturated heterocycles. The Balaban J connectivity index is 1.98. The van der Waals surface area contributed by atoms with Crippen LogP contribution in [0.5, 0.6) is 0 Å². The molecule has 106 valence electrons. The van der Waals surface area contributed by atoms with E-state index < -0.39 is 11.2 Å². The Morgan fingerprint density at radius 1 is 1.26 bits per heavy atom. The molecular weight excluding hydrogens is 305 g/mol. The van der Waals surface area contributed by atoms with Gasteiger partial charge in [-0.05, 0) is 0 Å². The van der Waals surface area contributed by atoms with Crippen LogP contribution in [0.2, 0.25) is 0 Å². The van der Waals surface area contributed by atoms with Crippen molar-refractivity contribution in [2.24, 2.45) is 0 Å². The number of carbonyl (C=O) groups excluding carboxylic acids is 1. The Morgan fingerprint density at radius 3 is 2.37 bits per heavy atom. The van der Waals surface area contributed by atoms with E-state index in [9.17, 15) is 18.0 Å². The second-order valence-corrected chi connectivity index (χ2v) is 5.11. The Kier molecular flexibility index (Phi) is 4.14. The van der Waals surface area contributed by atoms with Crippen LogP contribution in [0.15, 0.2) is 0 Å². The molecule has 0 atom stereocenters. The van der Waals surface area contributed by atoms with E-state index in [2.05, 4.69) is 10.2 Å². The topological polar surface area (TPSA) is 49.3 Å². The molecule has 19 heavy (non-hydrogen) atoms. The highest BCUT2D eigenvalue weighted by atomic mass is 35.5. The minimum Gasteiger partial charge on any atom is -0.343 e. The summed E-state index contributed by atoms with van der Waals surface area (Å²) in [6.45, 7) is 1.70. The standard InChI is InChI=1S/C9H10ClF3N4OS/c10-5-6(18)16-1-3-17(4-2-16)8-15-14-7(19-8)9(11,12)13/h1-5H2. The zero-order chi connectivity index (χ0) is 14.0. The molecule has 0 aliphatic carbocycles. The second kappa shape index (κ2) is 5.49. The van der Waals surface area contributed by atoms with Gasteiger partial charge < -0.3 is 9.80 Å². The van der Waals surface area contributed by atoms with Gasteiger partial charge in [0.1, 0.15) is 5.88 Å². The maximum absolute atomic E-state index is 12.4. The Labute approximate surface area is 116 Å². The molecule has 1 aromatic heterocycles. The molecule has 0 spiro atoms. The van der Waals surface area contributed by atoms with Gasteiger partial charge in [0.15, 0.2) is 0 Å². The number of halogens is 4. The molecule has 10 heteroatoms. The lowest BCUT2D eigenvalue weighted by molar-refractivity contribution is -0.138. The molecule has 1 aliphatic heterocycles. The number of anilines is 1. The van der Waals surface area contributed by atoms with Crippen LogP contribution in [0, 0.1) is 0 Å². The van der Waals surface area contributed by atoms with E-state index in [4.69, 9.17) is 11.6 Å². The Bertz CT molecular complexity index is 459. The molecule has 0 unspecified atom stereocenters. The average Bonchev–Trinajstić information content (AvgIpc) is 2.87. The van der Waals surface area contributed by atoms with Gasteiger partial charge >= 0.3 is 6.18 Å². The maximum atomic E-state index is 12.4. The Hall–Kier alpha value is -1.09. The molecule has 1 aromatic rings. The van der Waals surface area contributed by atoms with Crippen molar-refractivity contribution in [1.82, 2.24) is 15.1 Å². The van der Waals surface area contributed by atoms with Gasteiger partial charge in [0.2, 0.25) is 16.0 Å². The summed E-state index contributed by atoms with van der Waals surface area (Å²) in [6.07, 6.45) is -4.47. The fourth-order valence-corrected chi connectivity index (χ4v) is 2.62. The number of aromatic nitrogens is 2. The van der Waals surface area contributed by atoms with Gasteiger partial charge in [-0.15, -0.1) is 21.8 Å². The predicted molar refractivity (Wildman–Crippen MR) is 64.4 cm³/mol. The average molecular weight is 315 g/mol. The van der Waals surface area contributed by atoms with Crippen molar-refractivity contribution < 1.29 is 18.0 Å². The van der Waals surface area contributed by atoms with Gasteiger partial charge in [0.05, 0.1) is 0 Å². The molecule has 1 fully saturated rings. The molecule has 5 nitrogen and oxygen atoms in total. The van der Waals surface area contributed by atoms with Crippen LogP contribution in [-0.2, 0) is 11.0 Å². The Morgan fingerprint density at radius 2 is 1.89 bits per heavy atom. The van der Waals surface area contributed by atoms with Crippen molar-refractivity contribution in [3.8, 4) is 0 Å². The van der Waals surface area contributed by atoms with E-state index in [1.165, 1.54) is 0 Å². The first-order valence-electron chi connectivity index (χ1n) is 5.41. The van der Waals surface area contributed by atoms with Crippen LogP contribution in [0.4, 0.5) is 18.3 Å². The molecule has 2 heterocycles. The number of hydrogen-bond donors (Lipinski definition) is 0. The predicted octanol–water partition coefficient (Wildman–Crippen LogP) is 1.44. The number of rotatable bonds is 2. The van der Waals surface area contributed by atoms with Crippen LogP contribution < -0.4 is 4.90 Å². The van der Waals surface area contributed by atoms with Crippen LogP contribution >= 0.6 is 22.9 Å². The molecule has 0 N–H and O–H groups in total. The number of piperazine rings is 1. The van der Waals surface area contributed by atoms with Crippen molar-refractivity contribution in [1.29, 1.82) is 0 Å². The van der Waals surface area contributed by atoms with E-state index in [1.807, 2.05) is 0 Å². The van der Waals surface area contributed by atoms with E-state index >= 15 is 0 Å². The van der Waals surface area contributed by atoms with Gasteiger partial charge in [-0.3, -0.25) is 4.79 Å². The van der Waals surface area contributed by atoms with Crippen LogP contribution in [0.25, 0.3) is 0 Å². The number of nitrogens with zero attached hydrogens (tertiary/aromatic N) is 4. The molecule has 2 rings (SSSR count). The second-order valence-electron chi connectivity index (χ2n) is 3.89. The summed E-state index contributed by atoms with van der Waals surface area (Å²) in [4.78, 5) is 14.6. The largest absolute Gasteiger partial charge is 0.445 e. The van der Waals surface area contributed by atoms with E-state index in [0.29, 0.717) is 37.5 Å². The summed E-state index contributed by atoms with van der Waals surface area (Å²) in [7, 11) is 0. The lowest BCUT2D eigenvalue weighted by atomic mass is 10.3. The van der Waals surface area contributed by atoms with Crippen LogP contribution in [0.3, 0.4) is 0 Å². The van der Waals surface area contributed by atoms with Crippen molar-refractivity contribution in [3.63, 3.8) is 0 Å². The molecule has 0 aromatic carbocycles. The third-order valence-corrected chi connectivity index (χ3v) is 3.93. The van der Waals surface area contributed by atoms with Crippen molar-refractivity contribution in [3.05, 3.63) is 5.01 Å². The monoisotopic (exact) mass is 314 g/mol. The minimum atomic E-state index is -4.47. The zero-order valence-electron chi connectivity index (χ0n) is 9.65. The van der Waals surface area contributed by atoms with Gasteiger partial charge in [-0.1, -0.05) is 11.3 Å². The maximum Gasteiger partial charge on any atom is 0.445 e. The van der Waals surface area contributed by atoms with Crippen LogP contribution in [-0.4, -0.2) is 53.1 Å².